The van der Waals surface area contributed by atoms with Gasteiger partial charge in [-0.25, -0.2) is 4.68 Å². The lowest BCUT2D eigenvalue weighted by molar-refractivity contribution is 0.414. The van der Waals surface area contributed by atoms with Crippen LogP contribution in [0.3, 0.4) is 0 Å². The van der Waals surface area contributed by atoms with Crippen LogP contribution < -0.4 is 10.3 Å². The Morgan fingerprint density at radius 1 is 1.05 bits per heavy atom. The van der Waals surface area contributed by atoms with Crippen molar-refractivity contribution in [3.8, 4) is 11.4 Å². The molecular weight excluding hydrogens is 278 g/mol. The third-order valence-corrected chi connectivity index (χ3v) is 3.76. The Morgan fingerprint density at radius 3 is 2.59 bits per heavy atom. The number of rotatable bonds is 2. The van der Waals surface area contributed by atoms with Crippen molar-refractivity contribution in [2.45, 2.75) is 0 Å². The Bertz CT molecular complexity index is 1030. The van der Waals surface area contributed by atoms with Gasteiger partial charge in [0, 0.05) is 11.6 Å². The van der Waals surface area contributed by atoms with Gasteiger partial charge in [0.1, 0.15) is 5.75 Å². The van der Waals surface area contributed by atoms with Gasteiger partial charge in [-0.3, -0.25) is 14.9 Å². The molecular formula is C17H13N3O2. The molecule has 5 nitrogen and oxygen atoms in total. The lowest BCUT2D eigenvalue weighted by atomic mass is 10.2. The van der Waals surface area contributed by atoms with Crippen molar-refractivity contribution in [2.75, 3.05) is 7.11 Å². The Labute approximate surface area is 125 Å². The zero-order valence-corrected chi connectivity index (χ0v) is 11.9. The summed E-state index contributed by atoms with van der Waals surface area (Å²) < 4.78 is 6.67. The first-order valence-electron chi connectivity index (χ1n) is 6.91. The molecule has 0 bridgehead atoms. The van der Waals surface area contributed by atoms with Crippen molar-refractivity contribution < 1.29 is 4.74 Å². The fourth-order valence-corrected chi connectivity index (χ4v) is 2.62. The summed E-state index contributed by atoms with van der Waals surface area (Å²) in [5.41, 5.74) is 2.30. The Morgan fingerprint density at radius 2 is 1.82 bits per heavy atom. The van der Waals surface area contributed by atoms with Gasteiger partial charge in [-0.1, -0.05) is 18.2 Å². The number of aromatic nitrogens is 3. The predicted octanol–water partition coefficient (Wildman–Crippen LogP) is 2.88. The van der Waals surface area contributed by atoms with Crippen LogP contribution in [0.25, 0.3) is 27.5 Å². The van der Waals surface area contributed by atoms with Gasteiger partial charge in [-0.15, -0.1) is 0 Å². The van der Waals surface area contributed by atoms with E-state index >= 15 is 0 Å². The molecule has 2 heterocycles. The van der Waals surface area contributed by atoms with Crippen molar-refractivity contribution in [1.82, 2.24) is 14.8 Å². The van der Waals surface area contributed by atoms with Crippen molar-refractivity contribution in [3.05, 3.63) is 65.1 Å². The second kappa shape index (κ2) is 4.73. The van der Waals surface area contributed by atoms with Crippen LogP contribution in [0, 0.1) is 0 Å². The lowest BCUT2D eigenvalue weighted by Crippen LogP contribution is -2.14. The summed E-state index contributed by atoms with van der Waals surface area (Å²) in [6.45, 7) is 0. The summed E-state index contributed by atoms with van der Waals surface area (Å²) >= 11 is 0. The first-order valence-corrected chi connectivity index (χ1v) is 6.91. The zero-order chi connectivity index (χ0) is 15.1. The van der Waals surface area contributed by atoms with Crippen LogP contribution in [0.2, 0.25) is 0 Å². The Hall–Kier alpha value is -3.08. The molecule has 1 N–H and O–H groups in total. The molecule has 5 heteroatoms. The van der Waals surface area contributed by atoms with E-state index < -0.39 is 0 Å². The molecule has 2 aromatic heterocycles. The Kier molecular flexibility index (Phi) is 2.72. The number of ether oxygens (including phenoxy) is 1. The minimum absolute atomic E-state index is 0.113. The fraction of sp³-hybridized carbons (Fsp3) is 0.0588. The number of hydrogen-bond acceptors (Lipinski definition) is 3. The van der Waals surface area contributed by atoms with E-state index in [4.69, 9.17) is 4.74 Å². The number of nitrogens with one attached hydrogen (secondary N) is 1. The molecule has 0 atom stereocenters. The van der Waals surface area contributed by atoms with E-state index in [2.05, 4.69) is 10.1 Å². The summed E-state index contributed by atoms with van der Waals surface area (Å²) in [6, 6.07) is 15.1. The van der Waals surface area contributed by atoms with E-state index in [-0.39, 0.29) is 5.56 Å². The van der Waals surface area contributed by atoms with E-state index in [0.29, 0.717) is 5.39 Å². The number of hydrogen-bond donors (Lipinski definition) is 1. The maximum Gasteiger partial charge on any atom is 0.280 e. The highest BCUT2D eigenvalue weighted by molar-refractivity contribution is 6.02. The standard InChI is InChI=1S/C17H13N3O2/c1-22-12-8-6-11(7-9-12)20-17(21)14-10-18-15-5-3-2-4-13(15)16(14)19-20/h2-10,19H,1H3. The number of aromatic amines is 1. The van der Waals surface area contributed by atoms with Gasteiger partial charge in [0.2, 0.25) is 0 Å². The number of pyridine rings is 1. The quantitative estimate of drug-likeness (QED) is 0.618. The van der Waals surface area contributed by atoms with Crippen molar-refractivity contribution in [1.29, 1.82) is 0 Å². The van der Waals surface area contributed by atoms with Crippen LogP contribution in [-0.4, -0.2) is 21.9 Å². The van der Waals surface area contributed by atoms with Crippen LogP contribution in [0.15, 0.2) is 59.5 Å². The average molecular weight is 291 g/mol. The summed E-state index contributed by atoms with van der Waals surface area (Å²) in [5.74, 6) is 0.750. The number of fused-ring (bicyclic) bond motifs is 3. The van der Waals surface area contributed by atoms with Gasteiger partial charge in [0.25, 0.3) is 5.56 Å². The van der Waals surface area contributed by atoms with Crippen LogP contribution in [0.4, 0.5) is 0 Å². The molecule has 2 aromatic carbocycles. The van der Waals surface area contributed by atoms with Crippen LogP contribution in [0.5, 0.6) is 5.75 Å². The Balaban J connectivity index is 2.00. The molecule has 0 saturated carbocycles. The number of nitrogens with zero attached hydrogens (tertiary/aromatic N) is 2. The SMILES string of the molecule is COc1ccc(-n2[nH]c3c(cnc4ccccc43)c2=O)cc1. The summed E-state index contributed by atoms with van der Waals surface area (Å²) in [4.78, 5) is 16.9. The van der Waals surface area contributed by atoms with Crippen LogP contribution in [-0.2, 0) is 0 Å². The van der Waals surface area contributed by atoms with Crippen molar-refractivity contribution in [3.63, 3.8) is 0 Å². The third-order valence-electron chi connectivity index (χ3n) is 3.76. The highest BCUT2D eigenvalue weighted by Gasteiger charge is 2.11. The highest BCUT2D eigenvalue weighted by Crippen LogP contribution is 2.21. The fourth-order valence-electron chi connectivity index (χ4n) is 2.62. The monoisotopic (exact) mass is 291 g/mol. The molecule has 0 spiro atoms. The minimum Gasteiger partial charge on any atom is -0.497 e. The topological polar surface area (TPSA) is 59.9 Å². The first-order chi connectivity index (χ1) is 10.8. The number of benzene rings is 2. The maximum atomic E-state index is 12.6. The summed E-state index contributed by atoms with van der Waals surface area (Å²) in [6.07, 6.45) is 1.62. The largest absolute Gasteiger partial charge is 0.497 e. The van der Waals surface area contributed by atoms with Crippen molar-refractivity contribution in [2.24, 2.45) is 0 Å². The zero-order valence-electron chi connectivity index (χ0n) is 11.9. The van der Waals surface area contributed by atoms with E-state index in [9.17, 15) is 4.79 Å². The molecule has 0 aliphatic rings. The van der Waals surface area contributed by atoms with Crippen LogP contribution in [0.1, 0.15) is 0 Å². The van der Waals surface area contributed by atoms with Gasteiger partial charge in [-0.2, -0.15) is 0 Å². The van der Waals surface area contributed by atoms with Gasteiger partial charge in [-0.05, 0) is 30.3 Å². The van der Waals surface area contributed by atoms with Gasteiger partial charge in [0.15, 0.2) is 0 Å². The number of methoxy groups -OCH3 is 1. The lowest BCUT2D eigenvalue weighted by Gasteiger charge is -2.03. The molecule has 0 saturated heterocycles. The van der Waals surface area contributed by atoms with Crippen molar-refractivity contribution >= 4 is 21.8 Å². The molecule has 0 aliphatic carbocycles. The number of para-hydroxylation sites is 1. The summed E-state index contributed by atoms with van der Waals surface area (Å²) in [7, 11) is 1.61. The number of H-pyrrole nitrogens is 1. The minimum atomic E-state index is -0.113. The molecule has 0 fully saturated rings. The molecule has 0 aliphatic heterocycles. The van der Waals surface area contributed by atoms with E-state index in [1.165, 1.54) is 4.68 Å². The van der Waals surface area contributed by atoms with Gasteiger partial charge < -0.3 is 4.74 Å². The third kappa shape index (κ3) is 1.79. The molecule has 108 valence electrons. The molecule has 4 aromatic rings. The summed E-state index contributed by atoms with van der Waals surface area (Å²) in [5, 5.41) is 4.70. The maximum absolute atomic E-state index is 12.6. The highest BCUT2D eigenvalue weighted by atomic mass is 16.5. The van der Waals surface area contributed by atoms with Gasteiger partial charge >= 0.3 is 0 Å². The molecule has 0 amide bonds. The molecule has 0 radical (unpaired) electrons. The normalized spacial score (nSPS) is 11.1. The van der Waals surface area contributed by atoms with E-state index in [0.717, 1.165) is 27.9 Å². The first kappa shape index (κ1) is 12.6. The van der Waals surface area contributed by atoms with Gasteiger partial charge in [0.05, 0.1) is 29.2 Å². The second-order valence-electron chi connectivity index (χ2n) is 5.01. The average Bonchev–Trinajstić information content (AvgIpc) is 2.92. The predicted molar refractivity (Wildman–Crippen MR) is 85.7 cm³/mol. The van der Waals surface area contributed by atoms with Crippen LogP contribution >= 0.6 is 0 Å². The van der Waals surface area contributed by atoms with E-state index in [1.54, 1.807) is 13.3 Å². The molecule has 4 rings (SSSR count). The molecule has 0 unspecified atom stereocenters. The van der Waals surface area contributed by atoms with E-state index in [1.807, 2.05) is 48.5 Å². The smallest absolute Gasteiger partial charge is 0.280 e. The second-order valence-corrected chi connectivity index (χ2v) is 5.01. The molecule has 22 heavy (non-hydrogen) atoms.